The molecule has 1 saturated heterocycles. The summed E-state index contributed by atoms with van der Waals surface area (Å²) in [6.07, 6.45) is -0.998. The number of likely N-dealkylation sites (tertiary alicyclic amines) is 1. The summed E-state index contributed by atoms with van der Waals surface area (Å²) in [5.74, 6) is -1.53. The molecule has 0 unspecified atom stereocenters. The third-order valence-corrected chi connectivity index (χ3v) is 6.38. The van der Waals surface area contributed by atoms with Crippen LogP contribution in [-0.2, 0) is 24.1 Å². The summed E-state index contributed by atoms with van der Waals surface area (Å²) in [6.45, 7) is -0.0354. The molecule has 1 aliphatic heterocycles. The quantitative estimate of drug-likeness (QED) is 0.617. The number of aliphatic hydroxyl groups excluding tert-OH is 1. The maximum absolute atomic E-state index is 12.6. The molecule has 11 heteroatoms. The summed E-state index contributed by atoms with van der Waals surface area (Å²) in [5.41, 5.74) is -1.35. The van der Waals surface area contributed by atoms with Gasteiger partial charge in [0.2, 0.25) is 10.0 Å². The monoisotopic (exact) mass is 374 g/mol. The second kappa shape index (κ2) is 6.73. The maximum atomic E-state index is 12.6. The molecule has 2 rings (SSSR count). The normalized spacial score (nSPS) is 21.1. The van der Waals surface area contributed by atoms with Crippen LogP contribution in [0.4, 0.5) is 0 Å². The molecule has 0 aliphatic carbocycles. The number of aliphatic hydroxyl groups is 1. The van der Waals surface area contributed by atoms with Gasteiger partial charge in [-0.15, -0.1) is 0 Å². The average Bonchev–Trinajstić information content (AvgIpc) is 2.88. The molecule has 1 aromatic rings. The van der Waals surface area contributed by atoms with Crippen molar-refractivity contribution in [3.8, 4) is 0 Å². The van der Waals surface area contributed by atoms with E-state index in [4.69, 9.17) is 0 Å². The van der Waals surface area contributed by atoms with Gasteiger partial charge in [-0.2, -0.15) is 0 Å². The van der Waals surface area contributed by atoms with E-state index in [0.717, 1.165) is 19.5 Å². The van der Waals surface area contributed by atoms with Gasteiger partial charge in [0.05, 0.1) is 11.9 Å². The first-order chi connectivity index (χ1) is 11.5. The van der Waals surface area contributed by atoms with Gasteiger partial charge in [0.25, 0.3) is 11.5 Å². The van der Waals surface area contributed by atoms with Crippen molar-refractivity contribution in [3.63, 3.8) is 0 Å². The summed E-state index contributed by atoms with van der Waals surface area (Å²) >= 11 is 0. The van der Waals surface area contributed by atoms with Crippen molar-refractivity contribution < 1.29 is 18.3 Å². The molecule has 140 valence electrons. The number of sulfonamides is 1. The highest BCUT2D eigenvalue weighted by atomic mass is 32.2. The number of rotatable bonds is 4. The van der Waals surface area contributed by atoms with Crippen molar-refractivity contribution in [2.45, 2.75) is 6.10 Å². The number of nitrogens with zero attached hydrogens (tertiary/aromatic N) is 4. The topological polar surface area (TPSA) is 122 Å². The highest BCUT2D eigenvalue weighted by molar-refractivity contribution is 7.89. The van der Waals surface area contributed by atoms with Crippen LogP contribution in [0.2, 0.25) is 0 Å². The second-order valence-electron chi connectivity index (χ2n) is 6.37. The molecular formula is C14H22N4O6S. The molecule has 2 heterocycles. The van der Waals surface area contributed by atoms with Gasteiger partial charge in [0.1, 0.15) is 5.69 Å². The van der Waals surface area contributed by atoms with Crippen molar-refractivity contribution in [1.29, 1.82) is 0 Å². The van der Waals surface area contributed by atoms with Gasteiger partial charge in [-0.25, -0.2) is 17.5 Å². The molecule has 0 spiro atoms. The minimum absolute atomic E-state index is 0.0243. The Morgan fingerprint density at radius 3 is 2.40 bits per heavy atom. The summed E-state index contributed by atoms with van der Waals surface area (Å²) in [6, 6.07) is 1.06. The largest absolute Gasteiger partial charge is 0.391 e. The number of amides is 1. The number of hydrogen-bond acceptors (Lipinski definition) is 6. The van der Waals surface area contributed by atoms with Crippen LogP contribution >= 0.6 is 0 Å². The van der Waals surface area contributed by atoms with Crippen molar-refractivity contribution in [1.82, 2.24) is 18.3 Å². The Morgan fingerprint density at radius 2 is 1.84 bits per heavy atom. The zero-order valence-electron chi connectivity index (χ0n) is 14.5. The van der Waals surface area contributed by atoms with Gasteiger partial charge in [0.15, 0.2) is 0 Å². The molecule has 25 heavy (non-hydrogen) atoms. The Balaban J connectivity index is 2.26. The lowest BCUT2D eigenvalue weighted by Crippen LogP contribution is -2.42. The molecule has 10 nitrogen and oxygen atoms in total. The Bertz CT molecular complexity index is 901. The van der Waals surface area contributed by atoms with E-state index in [1.807, 2.05) is 0 Å². The van der Waals surface area contributed by atoms with E-state index in [1.165, 1.54) is 33.1 Å². The Hall–Kier alpha value is -1.98. The van der Waals surface area contributed by atoms with Gasteiger partial charge in [-0.1, -0.05) is 0 Å². The lowest BCUT2D eigenvalue weighted by Gasteiger charge is -2.19. The number of carbonyl (C=O) groups is 1. The summed E-state index contributed by atoms with van der Waals surface area (Å²) in [5, 5.41) is 10.1. The summed E-state index contributed by atoms with van der Waals surface area (Å²) < 4.78 is 27.0. The number of β-amino-alcohol motifs (C(OH)–C–C–N with tert-alkyl or cyclic N) is 1. The van der Waals surface area contributed by atoms with Crippen LogP contribution < -0.4 is 11.2 Å². The fraction of sp³-hybridized carbons (Fsp3) is 0.643. The SMILES string of the molecule is CN(C)S(=O)(=O)C[C@@H]1CN(C(=O)c2cc(=O)n(C)c(=O)n2C)C[C@H]1O. The van der Waals surface area contributed by atoms with Crippen molar-refractivity contribution in [2.75, 3.05) is 32.9 Å². The molecule has 1 aliphatic rings. The Morgan fingerprint density at radius 1 is 1.24 bits per heavy atom. The number of hydrogen-bond donors (Lipinski definition) is 1. The Labute approximate surface area is 144 Å². The Kier molecular flexibility index (Phi) is 5.21. The summed E-state index contributed by atoms with van der Waals surface area (Å²) in [7, 11) is 1.94. The first-order valence-electron chi connectivity index (χ1n) is 7.60. The molecule has 0 radical (unpaired) electrons. The molecule has 2 atom stereocenters. The maximum Gasteiger partial charge on any atom is 0.331 e. The first-order valence-corrected chi connectivity index (χ1v) is 9.21. The van der Waals surface area contributed by atoms with Gasteiger partial charge in [-0.05, 0) is 0 Å². The third kappa shape index (κ3) is 3.67. The van der Waals surface area contributed by atoms with Crippen LogP contribution in [0.5, 0.6) is 0 Å². The molecular weight excluding hydrogens is 352 g/mol. The van der Waals surface area contributed by atoms with Gasteiger partial charge in [0, 0.05) is 53.3 Å². The number of aromatic nitrogens is 2. The van der Waals surface area contributed by atoms with Gasteiger partial charge < -0.3 is 10.0 Å². The van der Waals surface area contributed by atoms with E-state index in [-0.39, 0.29) is 24.5 Å². The number of carbonyl (C=O) groups excluding carboxylic acids is 1. The van der Waals surface area contributed by atoms with E-state index < -0.39 is 39.2 Å². The minimum atomic E-state index is -3.53. The molecule has 0 aromatic carbocycles. The molecule has 1 aromatic heterocycles. The molecule has 0 saturated carbocycles. The zero-order chi connectivity index (χ0) is 19.1. The van der Waals surface area contributed by atoms with E-state index in [2.05, 4.69) is 0 Å². The van der Waals surface area contributed by atoms with Gasteiger partial charge in [-0.3, -0.25) is 18.7 Å². The zero-order valence-corrected chi connectivity index (χ0v) is 15.4. The van der Waals surface area contributed by atoms with Crippen LogP contribution in [0.3, 0.4) is 0 Å². The minimum Gasteiger partial charge on any atom is -0.391 e. The molecule has 0 bridgehead atoms. The summed E-state index contributed by atoms with van der Waals surface area (Å²) in [4.78, 5) is 37.6. The molecule has 1 N–H and O–H groups in total. The lowest BCUT2D eigenvalue weighted by molar-refractivity contribution is 0.0753. The van der Waals surface area contributed by atoms with E-state index >= 15 is 0 Å². The van der Waals surface area contributed by atoms with Crippen molar-refractivity contribution in [3.05, 3.63) is 32.6 Å². The van der Waals surface area contributed by atoms with E-state index in [0.29, 0.717) is 0 Å². The molecule has 1 amide bonds. The first kappa shape index (κ1) is 19.3. The van der Waals surface area contributed by atoms with Crippen LogP contribution in [0.15, 0.2) is 15.7 Å². The smallest absolute Gasteiger partial charge is 0.331 e. The highest BCUT2D eigenvalue weighted by Gasteiger charge is 2.38. The highest BCUT2D eigenvalue weighted by Crippen LogP contribution is 2.21. The van der Waals surface area contributed by atoms with Crippen LogP contribution in [-0.4, -0.2) is 76.8 Å². The fourth-order valence-electron chi connectivity index (χ4n) is 2.70. The predicted octanol–water partition coefficient (Wildman–Crippen LogP) is -2.59. The van der Waals surface area contributed by atoms with Crippen LogP contribution in [0.25, 0.3) is 0 Å². The van der Waals surface area contributed by atoms with Crippen molar-refractivity contribution >= 4 is 15.9 Å². The standard InChI is InChI=1S/C14H22N4O6S/c1-15(2)25(23,24)8-9-6-18(7-11(9)19)13(21)10-5-12(20)17(4)14(22)16(10)3/h5,9,11,19H,6-8H2,1-4H3/t9-,11+/m0/s1. The van der Waals surface area contributed by atoms with Gasteiger partial charge >= 0.3 is 5.69 Å². The van der Waals surface area contributed by atoms with Crippen molar-refractivity contribution in [2.24, 2.45) is 20.0 Å². The third-order valence-electron chi connectivity index (χ3n) is 4.42. The van der Waals surface area contributed by atoms with Crippen LogP contribution in [0, 0.1) is 5.92 Å². The van der Waals surface area contributed by atoms with E-state index in [1.54, 1.807) is 0 Å². The average molecular weight is 374 g/mol. The predicted molar refractivity (Wildman–Crippen MR) is 89.8 cm³/mol. The lowest BCUT2D eigenvalue weighted by atomic mass is 10.1. The second-order valence-corrected chi connectivity index (χ2v) is 8.59. The molecule has 1 fully saturated rings. The van der Waals surface area contributed by atoms with Crippen LogP contribution in [0.1, 0.15) is 10.5 Å². The van der Waals surface area contributed by atoms with E-state index in [9.17, 15) is 27.9 Å². The fourth-order valence-corrected chi connectivity index (χ4v) is 3.87.